The third-order valence-electron chi connectivity index (χ3n) is 4.14. The van der Waals surface area contributed by atoms with Crippen LogP contribution in [0.25, 0.3) is 0 Å². The van der Waals surface area contributed by atoms with Crippen molar-refractivity contribution in [1.82, 2.24) is 9.55 Å². The first kappa shape index (κ1) is 22.8. The smallest absolute Gasteiger partial charge is 0.338 e. The highest BCUT2D eigenvalue weighted by Gasteiger charge is 2.25. The fourth-order valence-electron chi connectivity index (χ4n) is 2.73. The Morgan fingerprint density at radius 2 is 2.03 bits per heavy atom. The predicted molar refractivity (Wildman–Crippen MR) is 107 cm³/mol. The molecule has 30 heavy (non-hydrogen) atoms. The third kappa shape index (κ3) is 5.32. The van der Waals surface area contributed by atoms with Crippen LogP contribution in [-0.4, -0.2) is 48.3 Å². The van der Waals surface area contributed by atoms with E-state index in [2.05, 4.69) is 4.98 Å². The van der Waals surface area contributed by atoms with Gasteiger partial charge in [-0.1, -0.05) is 13.0 Å². The number of aromatic nitrogens is 2. The zero-order valence-corrected chi connectivity index (χ0v) is 16.6. The van der Waals surface area contributed by atoms with Gasteiger partial charge in [0.05, 0.1) is 12.2 Å². The molecule has 1 amide bonds. The van der Waals surface area contributed by atoms with Gasteiger partial charge in [0.25, 0.3) is 11.5 Å². The molecule has 1 aromatic carbocycles. The van der Waals surface area contributed by atoms with E-state index in [1.165, 1.54) is 19.2 Å². The topological polar surface area (TPSA) is 137 Å². The van der Waals surface area contributed by atoms with Crippen LogP contribution in [0.15, 0.2) is 33.9 Å². The molecule has 0 atom stereocenters. The Morgan fingerprint density at radius 1 is 1.30 bits per heavy atom. The molecule has 10 nitrogen and oxygen atoms in total. The van der Waals surface area contributed by atoms with Crippen molar-refractivity contribution >= 4 is 23.4 Å². The van der Waals surface area contributed by atoms with Crippen molar-refractivity contribution in [3.8, 4) is 0 Å². The quantitative estimate of drug-likeness (QED) is 0.562. The standard InChI is InChI=1S/C19H23FN4O6/c1-3-7-24-16(21)15(17(26)22-19(24)28)23(8-9-29-2)14(25)11-30-18(27)12-5-4-6-13(20)10-12/h4-6,10H,3,7-9,11,21H2,1-2H3,(H,22,26,28). The minimum atomic E-state index is -0.910. The number of aromatic amines is 1. The average molecular weight is 422 g/mol. The van der Waals surface area contributed by atoms with Crippen molar-refractivity contribution in [3.05, 3.63) is 56.5 Å². The molecule has 0 fully saturated rings. The minimum absolute atomic E-state index is 0.0510. The summed E-state index contributed by atoms with van der Waals surface area (Å²) in [5, 5.41) is 0. The molecular weight excluding hydrogens is 399 g/mol. The lowest BCUT2D eigenvalue weighted by Crippen LogP contribution is -2.44. The van der Waals surface area contributed by atoms with Crippen molar-refractivity contribution in [3.63, 3.8) is 0 Å². The van der Waals surface area contributed by atoms with Crippen molar-refractivity contribution in [2.45, 2.75) is 19.9 Å². The van der Waals surface area contributed by atoms with Crippen LogP contribution in [0.3, 0.4) is 0 Å². The fourth-order valence-corrected chi connectivity index (χ4v) is 2.73. The maximum Gasteiger partial charge on any atom is 0.338 e. The molecule has 0 unspecified atom stereocenters. The lowest BCUT2D eigenvalue weighted by atomic mass is 10.2. The normalized spacial score (nSPS) is 10.6. The summed E-state index contributed by atoms with van der Waals surface area (Å²) < 4.78 is 24.3. The van der Waals surface area contributed by atoms with Gasteiger partial charge in [0.2, 0.25) is 0 Å². The first-order chi connectivity index (χ1) is 14.3. The van der Waals surface area contributed by atoms with Crippen molar-refractivity contribution < 1.29 is 23.5 Å². The summed E-state index contributed by atoms with van der Waals surface area (Å²) in [6.45, 7) is 1.29. The number of hydrogen-bond donors (Lipinski definition) is 2. The van der Waals surface area contributed by atoms with Crippen LogP contribution in [0.2, 0.25) is 0 Å². The molecule has 0 aliphatic rings. The first-order valence-electron chi connectivity index (χ1n) is 9.14. The van der Waals surface area contributed by atoms with Gasteiger partial charge in [0.15, 0.2) is 12.3 Å². The molecule has 0 aliphatic carbocycles. The van der Waals surface area contributed by atoms with E-state index < -0.39 is 35.5 Å². The zero-order valence-electron chi connectivity index (χ0n) is 16.6. The molecular formula is C19H23FN4O6. The molecule has 0 bridgehead atoms. The average Bonchev–Trinajstić information content (AvgIpc) is 2.71. The molecule has 0 aliphatic heterocycles. The molecule has 0 spiro atoms. The molecule has 0 saturated carbocycles. The molecule has 1 heterocycles. The maximum atomic E-state index is 13.3. The number of carbonyl (C=O) groups is 2. The second kappa shape index (κ2) is 10.3. The molecule has 2 rings (SSSR count). The highest BCUT2D eigenvalue weighted by atomic mass is 19.1. The van der Waals surface area contributed by atoms with Crippen LogP contribution >= 0.6 is 0 Å². The predicted octanol–water partition coefficient (Wildman–Crippen LogP) is 0.504. The summed E-state index contributed by atoms with van der Waals surface area (Å²) in [6.07, 6.45) is 0.562. The number of amides is 1. The van der Waals surface area contributed by atoms with Crippen LogP contribution in [0.4, 0.5) is 15.9 Å². The summed E-state index contributed by atoms with van der Waals surface area (Å²) in [7, 11) is 1.40. The lowest BCUT2D eigenvalue weighted by Gasteiger charge is -2.24. The number of anilines is 2. The third-order valence-corrected chi connectivity index (χ3v) is 4.14. The van der Waals surface area contributed by atoms with Gasteiger partial charge in [0.1, 0.15) is 11.6 Å². The minimum Gasteiger partial charge on any atom is -0.452 e. The van der Waals surface area contributed by atoms with E-state index in [-0.39, 0.29) is 36.8 Å². The molecule has 162 valence electrons. The Morgan fingerprint density at radius 3 is 2.67 bits per heavy atom. The van der Waals surface area contributed by atoms with E-state index in [1.807, 2.05) is 6.92 Å². The number of nitrogens with two attached hydrogens (primary N) is 1. The van der Waals surface area contributed by atoms with E-state index in [1.54, 1.807) is 0 Å². The highest BCUT2D eigenvalue weighted by molar-refractivity contribution is 5.98. The van der Waals surface area contributed by atoms with Crippen LogP contribution in [0.1, 0.15) is 23.7 Å². The molecule has 0 saturated heterocycles. The van der Waals surface area contributed by atoms with Gasteiger partial charge in [-0.05, 0) is 24.6 Å². The highest BCUT2D eigenvalue weighted by Crippen LogP contribution is 2.17. The summed E-state index contributed by atoms with van der Waals surface area (Å²) in [6, 6.07) is 4.80. The van der Waals surface area contributed by atoms with Gasteiger partial charge in [-0.15, -0.1) is 0 Å². The number of halogens is 1. The maximum absolute atomic E-state index is 13.3. The summed E-state index contributed by atoms with van der Waals surface area (Å²) in [5.41, 5.74) is 4.14. The number of nitrogens with zero attached hydrogens (tertiary/aromatic N) is 2. The lowest BCUT2D eigenvalue weighted by molar-refractivity contribution is -0.121. The Hall–Kier alpha value is -3.47. The van der Waals surface area contributed by atoms with Gasteiger partial charge in [-0.25, -0.2) is 14.0 Å². The second-order valence-electron chi connectivity index (χ2n) is 6.27. The number of nitrogens with one attached hydrogen (secondary N) is 1. The molecule has 3 N–H and O–H groups in total. The Bertz CT molecular complexity index is 1030. The number of nitrogen functional groups attached to an aromatic ring is 1. The number of carbonyl (C=O) groups excluding carboxylic acids is 2. The van der Waals surface area contributed by atoms with Gasteiger partial charge in [-0.2, -0.15) is 0 Å². The Balaban J connectivity index is 2.30. The first-order valence-corrected chi connectivity index (χ1v) is 9.14. The second-order valence-corrected chi connectivity index (χ2v) is 6.27. The number of hydrogen-bond acceptors (Lipinski definition) is 7. The number of ether oxygens (including phenoxy) is 2. The van der Waals surface area contributed by atoms with E-state index in [0.717, 1.165) is 21.6 Å². The number of benzene rings is 1. The number of esters is 1. The SMILES string of the molecule is CCCn1c(N)c(N(CCOC)C(=O)COC(=O)c2cccc(F)c2)c(=O)[nH]c1=O. The van der Waals surface area contributed by atoms with Crippen molar-refractivity contribution in [2.24, 2.45) is 0 Å². The van der Waals surface area contributed by atoms with Crippen molar-refractivity contribution in [2.75, 3.05) is 37.5 Å². The fraction of sp³-hybridized carbons (Fsp3) is 0.368. The van der Waals surface area contributed by atoms with E-state index in [9.17, 15) is 23.6 Å². The van der Waals surface area contributed by atoms with Crippen LogP contribution in [-0.2, 0) is 20.8 Å². The summed E-state index contributed by atoms with van der Waals surface area (Å²) in [5.74, 6) is -2.50. The molecule has 0 radical (unpaired) electrons. The summed E-state index contributed by atoms with van der Waals surface area (Å²) in [4.78, 5) is 52.3. The monoisotopic (exact) mass is 422 g/mol. The van der Waals surface area contributed by atoms with Gasteiger partial charge in [-0.3, -0.25) is 24.0 Å². The van der Waals surface area contributed by atoms with Gasteiger partial charge in [0, 0.05) is 20.2 Å². The van der Waals surface area contributed by atoms with Crippen LogP contribution < -0.4 is 21.9 Å². The largest absolute Gasteiger partial charge is 0.452 e. The van der Waals surface area contributed by atoms with E-state index in [4.69, 9.17) is 15.2 Å². The van der Waals surface area contributed by atoms with Crippen LogP contribution in [0, 0.1) is 5.82 Å². The van der Waals surface area contributed by atoms with Gasteiger partial charge < -0.3 is 15.2 Å². The summed E-state index contributed by atoms with van der Waals surface area (Å²) >= 11 is 0. The number of methoxy groups -OCH3 is 1. The van der Waals surface area contributed by atoms with E-state index in [0.29, 0.717) is 6.42 Å². The van der Waals surface area contributed by atoms with Crippen molar-refractivity contribution in [1.29, 1.82) is 0 Å². The molecule has 2 aromatic rings. The number of rotatable bonds is 9. The van der Waals surface area contributed by atoms with E-state index >= 15 is 0 Å². The molecule has 11 heteroatoms. The zero-order chi connectivity index (χ0) is 22.3. The Kier molecular flexibility index (Phi) is 7.87. The number of H-pyrrole nitrogens is 1. The van der Waals surface area contributed by atoms with Gasteiger partial charge >= 0.3 is 11.7 Å². The van der Waals surface area contributed by atoms with Crippen LogP contribution in [0.5, 0.6) is 0 Å². The Labute approximate surface area is 171 Å². The molecule has 1 aromatic heterocycles.